The summed E-state index contributed by atoms with van der Waals surface area (Å²) in [5, 5.41) is 17.0. The third-order valence-corrected chi connectivity index (χ3v) is 20.8. The summed E-state index contributed by atoms with van der Waals surface area (Å²) >= 11 is 2.98. The number of methoxy groups -OCH3 is 2. The molecule has 2 aromatic carbocycles. The number of esters is 2. The number of ketones is 2. The number of hydrogen-bond donors (Lipinski definition) is 2. The maximum absolute atomic E-state index is 14.1. The van der Waals surface area contributed by atoms with E-state index in [1.807, 2.05) is 61.0 Å². The first-order valence-electron chi connectivity index (χ1n) is 32.9. The summed E-state index contributed by atoms with van der Waals surface area (Å²) in [7, 11) is 6.80. The minimum atomic E-state index is -0.904. The van der Waals surface area contributed by atoms with Gasteiger partial charge < -0.3 is 43.6 Å². The van der Waals surface area contributed by atoms with Gasteiger partial charge in [-0.1, -0.05) is 31.7 Å². The summed E-state index contributed by atoms with van der Waals surface area (Å²) in [6.07, 6.45) is 17.4. The average molecular weight is 1350 g/mol. The number of aromatic amines is 1. The molecule has 4 aliphatic rings. The van der Waals surface area contributed by atoms with Crippen LogP contribution in [0.2, 0.25) is 0 Å². The topological polar surface area (TPSA) is 247 Å². The molecule has 0 bridgehead atoms. The van der Waals surface area contributed by atoms with E-state index in [-0.39, 0.29) is 92.5 Å². The number of aromatic nitrogens is 4. The summed E-state index contributed by atoms with van der Waals surface area (Å²) in [5.74, 6) is -1.45. The van der Waals surface area contributed by atoms with E-state index in [0.29, 0.717) is 67.8 Å². The number of Topliss-reactive ketones (excluding diaryl/α,β-unsaturated/α-hetero) is 2. The molecule has 0 radical (unpaired) electrons. The van der Waals surface area contributed by atoms with Gasteiger partial charge in [-0.05, 0) is 141 Å². The van der Waals surface area contributed by atoms with Crippen molar-refractivity contribution in [3.05, 3.63) is 132 Å². The van der Waals surface area contributed by atoms with Gasteiger partial charge in [-0.25, -0.2) is 15.0 Å². The number of allylic oxidation sites excluding steroid dienone is 4. The van der Waals surface area contributed by atoms with Crippen molar-refractivity contribution in [2.45, 2.75) is 137 Å². The van der Waals surface area contributed by atoms with Crippen molar-refractivity contribution < 1.29 is 57.6 Å². The van der Waals surface area contributed by atoms with E-state index in [0.717, 1.165) is 87.5 Å². The Morgan fingerprint density at radius 2 is 1.16 bits per heavy atom. The fourth-order valence-corrected chi connectivity index (χ4v) is 14.8. The lowest BCUT2D eigenvalue weighted by Gasteiger charge is -2.25. The van der Waals surface area contributed by atoms with Crippen molar-refractivity contribution in [2.75, 3.05) is 54.6 Å². The first-order valence-corrected chi connectivity index (χ1v) is 34.6. The summed E-state index contributed by atoms with van der Waals surface area (Å²) in [6.45, 7) is 24.2. The molecule has 4 aliphatic carbocycles. The largest absolute Gasteiger partial charge is 0.496 e. The minimum Gasteiger partial charge on any atom is -0.496 e. The quantitative estimate of drug-likeness (QED) is 0.0242. The molecule has 2 amide bonds. The van der Waals surface area contributed by atoms with E-state index < -0.39 is 46.7 Å². The highest BCUT2D eigenvalue weighted by molar-refractivity contribution is 7.13. The molecule has 4 fully saturated rings. The molecular weight excluding hydrogens is 1260 g/mol. The molecule has 0 unspecified atom stereocenters. The fourth-order valence-electron chi connectivity index (χ4n) is 13.6. The van der Waals surface area contributed by atoms with Crippen LogP contribution in [0.15, 0.2) is 115 Å². The number of nitrogens with one attached hydrogen (secondary N) is 1. The zero-order chi connectivity index (χ0) is 68.7. The van der Waals surface area contributed by atoms with Crippen molar-refractivity contribution >= 4 is 79.8 Å². The number of unbranched alkanes of at least 4 members (excludes halogenated alkanes) is 4. The molecule has 4 aromatic heterocycles. The van der Waals surface area contributed by atoms with Crippen molar-refractivity contribution in [2.24, 2.45) is 46.3 Å². The number of aliphatic hydroxyl groups is 1. The number of hydrogen-bond acceptors (Lipinski definition) is 18. The second-order valence-corrected chi connectivity index (χ2v) is 27.1. The van der Waals surface area contributed by atoms with Crippen LogP contribution in [0.3, 0.4) is 0 Å². The number of nitrogens with zero attached hydrogens (tertiary/aromatic N) is 5. The standard InChI is InChI=1S/C37H45N3O6S.C23H35NO5.C14H12N2O2S.CH4/c1-7-10-11-12-16-40(5)35(42)28-19-25(18-27(28)30(41)22-37(21-24(37)8-2)36(43)45-9-3)46-32-20-29(34-38-15-17-47-34)39-33-23(4)31(44-6)14-13-26(32)33;1-5-8-9-10-11-24(4)21(27)19-13-17(25)12-18(19)20(26)15-23(14-16(23)6-2)22(28)29-7-3;1-8-12(18-2)4-3-9-11(17)7-10(16-13(8)9)14-15-5-6-19-14;/h7-8,13-15,17,20,24-25,27-28H,1-2,9-12,16,18-19,21-22H2,3-6H3;5-6,16-19,25H,1-2,7-15H2,3-4H3;3-7H,1-2H3,(H,16,17);1H4/t24-,25-,27-,28-,37-;16-,17+,18-,19-,23-;;/m11../s1. The van der Waals surface area contributed by atoms with Gasteiger partial charge >= 0.3 is 11.9 Å². The van der Waals surface area contributed by atoms with Gasteiger partial charge in [-0.15, -0.1) is 49.0 Å². The average Bonchev–Trinajstić information content (AvgIpc) is 1.58. The van der Waals surface area contributed by atoms with Gasteiger partial charge in [0, 0.05) is 109 Å². The lowest BCUT2D eigenvalue weighted by molar-refractivity contribution is -0.153. The molecule has 6 aromatic rings. The van der Waals surface area contributed by atoms with Crippen LogP contribution in [0.1, 0.15) is 122 Å². The Hall–Kier alpha value is -8.14. The predicted molar refractivity (Wildman–Crippen MR) is 378 cm³/mol. The smallest absolute Gasteiger partial charge is 0.313 e. The van der Waals surface area contributed by atoms with E-state index in [9.17, 15) is 38.7 Å². The van der Waals surface area contributed by atoms with Gasteiger partial charge in [0.05, 0.1) is 72.9 Å². The van der Waals surface area contributed by atoms with Gasteiger partial charge in [-0.2, -0.15) is 0 Å². The number of aliphatic hydroxyl groups excluding tert-OH is 1. The maximum atomic E-state index is 14.1. The number of aryl methyl sites for hydroxylation is 2. The number of carbonyl (C=O) groups excluding carboxylic acids is 6. The summed E-state index contributed by atoms with van der Waals surface area (Å²) in [4.78, 5) is 112. The SMILES string of the molecule is C.C=CCCCCN(C)C(=O)[C@@H]1C[C@@H](O)C[C@H]1C(=O)C[C@]1(C(=O)OCC)C[C@H]1C=C.C=CCCCCN(C)C(=O)[C@@H]1C[C@H](Oc2cc(-c3nccs3)nc3c(C)c(OC)ccc23)C[C@H]1C(=O)C[C@]1(C(=O)OCC)C[C@H]1C=C.COc1ccc2c(=O)cc(-c3nccs3)[nH]c2c1C. The predicted octanol–water partition coefficient (Wildman–Crippen LogP) is 13.5. The number of thiazole rings is 2. The van der Waals surface area contributed by atoms with Crippen LogP contribution in [0.25, 0.3) is 43.2 Å². The van der Waals surface area contributed by atoms with Gasteiger partial charge in [0.25, 0.3) is 0 Å². The fraction of sp³-hybridized carbons (Fsp3) is 0.493. The third-order valence-electron chi connectivity index (χ3n) is 19.2. The molecule has 4 saturated carbocycles. The van der Waals surface area contributed by atoms with Crippen LogP contribution < -0.4 is 19.6 Å². The van der Waals surface area contributed by atoms with Crippen LogP contribution in [0.4, 0.5) is 0 Å². The van der Waals surface area contributed by atoms with Crippen molar-refractivity contribution in [1.82, 2.24) is 29.7 Å². The number of carbonyl (C=O) groups is 6. The maximum Gasteiger partial charge on any atom is 0.313 e. The molecule has 2 N–H and O–H groups in total. The van der Waals surface area contributed by atoms with Crippen molar-refractivity contribution in [3.63, 3.8) is 0 Å². The Morgan fingerprint density at radius 3 is 1.65 bits per heavy atom. The first kappa shape index (κ1) is 75.2. The Balaban J connectivity index is 0.000000225. The van der Waals surface area contributed by atoms with Crippen molar-refractivity contribution in [1.29, 1.82) is 0 Å². The van der Waals surface area contributed by atoms with Gasteiger partial charge in [0.2, 0.25) is 11.8 Å². The van der Waals surface area contributed by atoms with Gasteiger partial charge in [-0.3, -0.25) is 33.6 Å². The van der Waals surface area contributed by atoms with Gasteiger partial charge in [0.1, 0.15) is 50.6 Å². The molecular formula is C75H96N6O13S2. The first-order chi connectivity index (χ1) is 45.7. The van der Waals surface area contributed by atoms with Gasteiger partial charge in [0.15, 0.2) is 5.43 Å². The Labute approximate surface area is 572 Å². The third kappa shape index (κ3) is 17.2. The highest BCUT2D eigenvalue weighted by Gasteiger charge is 2.63. The van der Waals surface area contributed by atoms with E-state index in [1.54, 1.807) is 88.6 Å². The number of fused-ring (bicyclic) bond motifs is 2. The zero-order valence-electron chi connectivity index (χ0n) is 56.2. The molecule has 10 atom stereocenters. The Bertz CT molecular complexity index is 3810. The number of rotatable bonds is 30. The molecule has 0 aliphatic heterocycles. The monoisotopic (exact) mass is 1350 g/mol. The van der Waals surface area contributed by atoms with Crippen LogP contribution in [0.5, 0.6) is 17.2 Å². The minimum absolute atomic E-state index is 0. The molecule has 0 spiro atoms. The van der Waals surface area contributed by atoms with E-state index in [4.69, 9.17) is 28.7 Å². The van der Waals surface area contributed by atoms with E-state index in [2.05, 4.69) is 41.3 Å². The van der Waals surface area contributed by atoms with Crippen LogP contribution in [-0.4, -0.2) is 137 Å². The highest BCUT2D eigenvalue weighted by Crippen LogP contribution is 2.59. The number of pyridine rings is 2. The second-order valence-electron chi connectivity index (χ2n) is 25.3. The molecule has 516 valence electrons. The Kier molecular flexibility index (Phi) is 26.8. The van der Waals surface area contributed by atoms with Crippen LogP contribution in [0, 0.1) is 60.2 Å². The Morgan fingerprint density at radius 1 is 0.667 bits per heavy atom. The number of ether oxygens (including phenoxy) is 5. The molecule has 0 saturated heterocycles. The summed E-state index contributed by atoms with van der Waals surface area (Å²) in [5.41, 5.74) is 3.01. The second kappa shape index (κ2) is 34.2. The molecule has 21 heteroatoms. The zero-order valence-corrected chi connectivity index (χ0v) is 57.8. The highest BCUT2D eigenvalue weighted by atomic mass is 32.1. The molecule has 19 nitrogen and oxygen atoms in total. The van der Waals surface area contributed by atoms with E-state index >= 15 is 0 Å². The van der Waals surface area contributed by atoms with Crippen LogP contribution in [-0.2, 0) is 38.2 Å². The van der Waals surface area contributed by atoms with E-state index in [1.165, 1.54) is 22.7 Å². The van der Waals surface area contributed by atoms with Crippen LogP contribution >= 0.6 is 22.7 Å². The number of amides is 2. The molecule has 10 rings (SSSR count). The number of benzene rings is 2. The summed E-state index contributed by atoms with van der Waals surface area (Å²) < 4.78 is 28.2. The summed E-state index contributed by atoms with van der Waals surface area (Å²) in [6, 6.07) is 10.9. The normalized spacial score (nSPS) is 22.7. The number of H-pyrrole nitrogens is 1. The molecule has 96 heavy (non-hydrogen) atoms. The lowest BCUT2D eigenvalue weighted by Crippen LogP contribution is -2.38. The lowest BCUT2D eigenvalue weighted by atomic mass is 9.84. The van der Waals surface area contributed by atoms with Crippen molar-refractivity contribution in [3.8, 4) is 38.7 Å². The molecule has 4 heterocycles.